The van der Waals surface area contributed by atoms with Crippen molar-refractivity contribution in [3.05, 3.63) is 23.2 Å². The zero-order chi connectivity index (χ0) is 16.3. The molecule has 1 aliphatic heterocycles. The molecule has 2 amide bonds. The molecular weight excluding hydrogens is 328 g/mol. The molecule has 1 heterocycles. The van der Waals surface area contributed by atoms with Crippen molar-refractivity contribution < 1.29 is 19.5 Å². The molecule has 1 unspecified atom stereocenters. The first-order valence-corrected chi connectivity index (χ1v) is 7.93. The smallest absolute Gasteiger partial charge is 0.323 e. The van der Waals surface area contributed by atoms with Gasteiger partial charge < -0.3 is 15.3 Å². The van der Waals surface area contributed by atoms with Crippen LogP contribution in [0.5, 0.6) is 0 Å². The van der Waals surface area contributed by atoms with Crippen molar-refractivity contribution in [2.24, 2.45) is 0 Å². The van der Waals surface area contributed by atoms with Gasteiger partial charge in [-0.25, -0.2) is 0 Å². The van der Waals surface area contributed by atoms with Gasteiger partial charge in [-0.05, 0) is 25.1 Å². The van der Waals surface area contributed by atoms with E-state index in [4.69, 9.17) is 16.7 Å². The Balaban J connectivity index is 2.07. The molecule has 0 spiro atoms. The fraction of sp³-hybridized carbons (Fsp3) is 0.357. The molecule has 0 saturated carbocycles. The van der Waals surface area contributed by atoms with Gasteiger partial charge in [-0.15, -0.1) is 11.8 Å². The van der Waals surface area contributed by atoms with Crippen LogP contribution < -0.4 is 5.32 Å². The molecule has 0 saturated heterocycles. The van der Waals surface area contributed by atoms with E-state index >= 15 is 0 Å². The van der Waals surface area contributed by atoms with Crippen LogP contribution in [0.25, 0.3) is 0 Å². The average molecular weight is 343 g/mol. The van der Waals surface area contributed by atoms with Gasteiger partial charge in [-0.3, -0.25) is 14.4 Å². The molecule has 0 aromatic heterocycles. The molecule has 1 aromatic carbocycles. The highest BCUT2D eigenvalue weighted by atomic mass is 35.5. The predicted octanol–water partition coefficient (Wildman–Crippen LogP) is 2.08. The van der Waals surface area contributed by atoms with E-state index in [1.807, 2.05) is 0 Å². The number of halogens is 1. The molecule has 118 valence electrons. The summed E-state index contributed by atoms with van der Waals surface area (Å²) >= 11 is 7.16. The molecule has 0 aliphatic carbocycles. The molecule has 2 rings (SSSR count). The zero-order valence-corrected chi connectivity index (χ0v) is 13.4. The largest absolute Gasteiger partial charge is 0.480 e. The van der Waals surface area contributed by atoms with Gasteiger partial charge in [-0.2, -0.15) is 0 Å². The summed E-state index contributed by atoms with van der Waals surface area (Å²) in [5.41, 5.74) is 0.629. The van der Waals surface area contributed by atoms with Crippen molar-refractivity contribution in [1.82, 2.24) is 4.90 Å². The molecule has 0 bridgehead atoms. The number of fused-ring (bicyclic) bond motifs is 1. The highest BCUT2D eigenvalue weighted by molar-refractivity contribution is 8.01. The molecule has 1 aromatic rings. The van der Waals surface area contributed by atoms with Gasteiger partial charge in [0.05, 0.1) is 10.9 Å². The number of amides is 2. The van der Waals surface area contributed by atoms with E-state index in [0.29, 0.717) is 10.7 Å². The lowest BCUT2D eigenvalue weighted by Crippen LogP contribution is -2.39. The van der Waals surface area contributed by atoms with E-state index in [1.54, 1.807) is 25.1 Å². The molecule has 8 heteroatoms. The van der Waals surface area contributed by atoms with Gasteiger partial charge in [0.25, 0.3) is 0 Å². The number of carbonyl (C=O) groups excluding carboxylic acids is 2. The Labute approximate surface area is 136 Å². The lowest BCUT2D eigenvalue weighted by molar-refractivity contribution is -0.144. The highest BCUT2D eigenvalue weighted by Gasteiger charge is 2.30. The Hall–Kier alpha value is -1.73. The van der Waals surface area contributed by atoms with Gasteiger partial charge in [0, 0.05) is 22.9 Å². The zero-order valence-electron chi connectivity index (χ0n) is 11.8. The van der Waals surface area contributed by atoms with E-state index in [9.17, 15) is 14.4 Å². The minimum Gasteiger partial charge on any atom is -0.480 e. The molecule has 1 atom stereocenters. The minimum absolute atomic E-state index is 0.0420. The van der Waals surface area contributed by atoms with Crippen LogP contribution in [0.15, 0.2) is 23.1 Å². The van der Waals surface area contributed by atoms with Crippen molar-refractivity contribution in [3.63, 3.8) is 0 Å². The Morgan fingerprint density at radius 3 is 2.82 bits per heavy atom. The topological polar surface area (TPSA) is 86.7 Å². The highest BCUT2D eigenvalue weighted by Crippen LogP contribution is 2.38. The first-order chi connectivity index (χ1) is 10.4. The summed E-state index contributed by atoms with van der Waals surface area (Å²) in [7, 11) is 0. The summed E-state index contributed by atoms with van der Waals surface area (Å²) < 4.78 is 0. The molecule has 22 heavy (non-hydrogen) atoms. The van der Waals surface area contributed by atoms with Gasteiger partial charge in [0.1, 0.15) is 6.54 Å². The summed E-state index contributed by atoms with van der Waals surface area (Å²) in [6.07, 6.45) is -0.0420. The number of carboxylic acid groups (broad SMARTS) is 1. The fourth-order valence-electron chi connectivity index (χ4n) is 2.08. The number of thioether (sulfide) groups is 1. The first-order valence-electron chi connectivity index (χ1n) is 6.67. The second-order valence-corrected chi connectivity index (χ2v) is 6.42. The third-order valence-corrected chi connectivity index (χ3v) is 4.69. The number of hydrogen-bond acceptors (Lipinski definition) is 4. The van der Waals surface area contributed by atoms with Crippen molar-refractivity contribution >= 4 is 46.8 Å². The van der Waals surface area contributed by atoms with E-state index in [2.05, 4.69) is 5.32 Å². The van der Waals surface area contributed by atoms with Gasteiger partial charge in [0.15, 0.2) is 0 Å². The Bertz CT molecular complexity index is 623. The number of nitrogens with zero attached hydrogens (tertiary/aromatic N) is 1. The van der Waals surface area contributed by atoms with Crippen LogP contribution in [0.2, 0.25) is 5.02 Å². The van der Waals surface area contributed by atoms with Crippen molar-refractivity contribution in [1.29, 1.82) is 0 Å². The van der Waals surface area contributed by atoms with Crippen LogP contribution in [-0.4, -0.2) is 46.1 Å². The lowest BCUT2D eigenvalue weighted by Gasteiger charge is -2.26. The maximum atomic E-state index is 12.1. The standard InChI is InChI=1S/C14H15ClN2O4S/c1-2-17(7-13(19)20)12(18)6-11-14(21)16-9-5-8(15)3-4-10(9)22-11/h3-5,11H,2,6-7H2,1H3,(H,16,21)(H,19,20). The Morgan fingerprint density at radius 1 is 1.45 bits per heavy atom. The molecule has 0 fully saturated rings. The summed E-state index contributed by atoms with van der Waals surface area (Å²) in [5, 5.41) is 11.5. The van der Waals surface area contributed by atoms with Gasteiger partial charge >= 0.3 is 5.97 Å². The summed E-state index contributed by atoms with van der Waals surface area (Å²) in [6, 6.07) is 5.16. The third-order valence-electron chi connectivity index (χ3n) is 3.18. The van der Waals surface area contributed by atoms with Gasteiger partial charge in [-0.1, -0.05) is 11.6 Å². The third kappa shape index (κ3) is 3.92. The number of likely N-dealkylation sites (N-methyl/N-ethyl adjacent to an activating group) is 1. The predicted molar refractivity (Wildman–Crippen MR) is 84.2 cm³/mol. The number of aliphatic carboxylic acids is 1. The summed E-state index contributed by atoms with van der Waals surface area (Å²) in [5.74, 6) is -1.70. The quantitative estimate of drug-likeness (QED) is 0.855. The number of benzene rings is 1. The number of rotatable bonds is 5. The van der Waals surface area contributed by atoms with Crippen LogP contribution in [0.3, 0.4) is 0 Å². The average Bonchev–Trinajstić information content (AvgIpc) is 2.45. The van der Waals surface area contributed by atoms with Crippen molar-refractivity contribution in [2.45, 2.75) is 23.5 Å². The number of hydrogen-bond donors (Lipinski definition) is 2. The molecule has 6 nitrogen and oxygen atoms in total. The lowest BCUT2D eigenvalue weighted by atomic mass is 10.2. The molecule has 2 N–H and O–H groups in total. The Morgan fingerprint density at radius 2 is 2.18 bits per heavy atom. The minimum atomic E-state index is -1.07. The first kappa shape index (κ1) is 16.6. The maximum Gasteiger partial charge on any atom is 0.323 e. The molecule has 1 aliphatic rings. The molecule has 0 radical (unpaired) electrons. The normalized spacial score (nSPS) is 16.6. The van der Waals surface area contributed by atoms with Crippen molar-refractivity contribution in [2.75, 3.05) is 18.4 Å². The number of anilines is 1. The van der Waals surface area contributed by atoms with E-state index < -0.39 is 11.2 Å². The van der Waals surface area contributed by atoms with Crippen LogP contribution in [-0.2, 0) is 14.4 Å². The van der Waals surface area contributed by atoms with Gasteiger partial charge in [0.2, 0.25) is 11.8 Å². The second kappa shape index (κ2) is 7.02. The molecular formula is C14H15ClN2O4S. The van der Waals surface area contributed by atoms with Crippen molar-refractivity contribution in [3.8, 4) is 0 Å². The van der Waals surface area contributed by atoms with Crippen LogP contribution in [0.4, 0.5) is 5.69 Å². The maximum absolute atomic E-state index is 12.1. The second-order valence-electron chi connectivity index (χ2n) is 4.74. The SMILES string of the molecule is CCN(CC(=O)O)C(=O)CC1Sc2ccc(Cl)cc2NC1=O. The fourth-order valence-corrected chi connectivity index (χ4v) is 3.34. The van der Waals surface area contributed by atoms with E-state index in [-0.39, 0.29) is 31.3 Å². The number of nitrogens with one attached hydrogen (secondary N) is 1. The van der Waals surface area contributed by atoms with E-state index in [0.717, 1.165) is 4.90 Å². The van der Waals surface area contributed by atoms with Crippen LogP contribution in [0, 0.1) is 0 Å². The van der Waals surface area contributed by atoms with Crippen LogP contribution in [0.1, 0.15) is 13.3 Å². The Kier molecular flexibility index (Phi) is 5.31. The van der Waals surface area contributed by atoms with E-state index in [1.165, 1.54) is 16.7 Å². The van der Waals surface area contributed by atoms with Crippen LogP contribution >= 0.6 is 23.4 Å². The summed E-state index contributed by atoms with van der Waals surface area (Å²) in [4.78, 5) is 37.0. The number of carboxylic acids is 1. The number of carbonyl (C=O) groups is 3. The monoisotopic (exact) mass is 342 g/mol. The summed E-state index contributed by atoms with van der Waals surface area (Å²) in [6.45, 7) is 1.63.